The molecule has 0 aliphatic carbocycles. The van der Waals surface area contributed by atoms with Crippen LogP contribution in [0, 0.1) is 0 Å². The van der Waals surface area contributed by atoms with E-state index in [1.54, 1.807) is 0 Å². The van der Waals surface area contributed by atoms with Crippen LogP contribution in [0.5, 0.6) is 0 Å². The maximum Gasteiger partial charge on any atom is 0.0701 e. The minimum Gasteiger partial charge on any atom is -0.394 e. The molecule has 66 valence electrons. The fraction of sp³-hybridized carbons (Fsp3) is 1.00. The van der Waals surface area contributed by atoms with Gasteiger partial charge in [-0.3, -0.25) is 0 Å². The van der Waals surface area contributed by atoms with Gasteiger partial charge >= 0.3 is 0 Å². The van der Waals surface area contributed by atoms with Crippen LogP contribution < -0.4 is 0 Å². The van der Waals surface area contributed by atoms with Gasteiger partial charge in [0.05, 0.1) is 19.3 Å². The molecule has 11 heavy (non-hydrogen) atoms. The highest BCUT2D eigenvalue weighted by atomic mass is 16.5. The van der Waals surface area contributed by atoms with E-state index < -0.39 is 0 Å². The van der Waals surface area contributed by atoms with Gasteiger partial charge in [0.1, 0.15) is 0 Å². The Labute approximate surface area is 68.0 Å². The zero-order valence-corrected chi connectivity index (χ0v) is 7.12. The lowest BCUT2D eigenvalue weighted by atomic mass is 10.1. The molecule has 3 nitrogen and oxygen atoms in total. The largest absolute Gasteiger partial charge is 0.394 e. The number of nitrogens with zero attached hydrogens (tertiary/aromatic N) is 1. The second-order valence-electron chi connectivity index (χ2n) is 3.10. The maximum atomic E-state index is 8.51. The first-order valence-corrected chi connectivity index (χ1v) is 4.24. The van der Waals surface area contributed by atoms with E-state index in [9.17, 15) is 0 Å². The molecular formula is C8H17NO2. The lowest BCUT2D eigenvalue weighted by Gasteiger charge is -2.28. The second kappa shape index (κ2) is 4.70. The highest BCUT2D eigenvalue weighted by Crippen LogP contribution is 2.11. The van der Waals surface area contributed by atoms with E-state index >= 15 is 0 Å². The summed E-state index contributed by atoms with van der Waals surface area (Å²) in [6.07, 6.45) is 2.60. The molecule has 1 aliphatic heterocycles. The molecule has 0 bridgehead atoms. The third kappa shape index (κ3) is 3.18. The highest BCUT2D eigenvalue weighted by Gasteiger charge is 2.16. The maximum absolute atomic E-state index is 8.51. The van der Waals surface area contributed by atoms with Crippen LogP contribution in [0.3, 0.4) is 0 Å². The third-order valence-corrected chi connectivity index (χ3v) is 2.11. The molecule has 1 N–H and O–H groups in total. The minimum absolute atomic E-state index is 0.145. The molecule has 3 heteroatoms. The van der Waals surface area contributed by atoms with Crippen molar-refractivity contribution in [1.82, 2.24) is 4.90 Å². The predicted molar refractivity (Wildman–Crippen MR) is 43.6 cm³/mol. The van der Waals surface area contributed by atoms with Crippen LogP contribution in [0.15, 0.2) is 0 Å². The summed E-state index contributed by atoms with van der Waals surface area (Å²) in [4.78, 5) is 2.30. The summed E-state index contributed by atoms with van der Waals surface area (Å²) in [6, 6.07) is 0. The first-order chi connectivity index (χ1) is 5.33. The Kier molecular flexibility index (Phi) is 3.83. The molecule has 0 amide bonds. The van der Waals surface area contributed by atoms with Crippen molar-refractivity contribution in [2.45, 2.75) is 18.9 Å². The molecule has 0 unspecified atom stereocenters. The molecule has 1 heterocycles. The Bertz CT molecular complexity index is 97.5. The van der Waals surface area contributed by atoms with Gasteiger partial charge < -0.3 is 14.7 Å². The van der Waals surface area contributed by atoms with Gasteiger partial charge in [0.15, 0.2) is 0 Å². The lowest BCUT2D eigenvalue weighted by Crippen LogP contribution is -2.34. The summed E-state index contributed by atoms with van der Waals surface area (Å²) < 4.78 is 5.40. The second-order valence-corrected chi connectivity index (χ2v) is 3.10. The van der Waals surface area contributed by atoms with Crippen molar-refractivity contribution >= 4 is 0 Å². The van der Waals surface area contributed by atoms with E-state index in [0.29, 0.717) is 12.7 Å². The van der Waals surface area contributed by atoms with Crippen LogP contribution in [0.4, 0.5) is 0 Å². The van der Waals surface area contributed by atoms with Gasteiger partial charge in [0, 0.05) is 13.1 Å². The monoisotopic (exact) mass is 159 g/mol. The molecule has 1 aliphatic rings. The zero-order valence-electron chi connectivity index (χ0n) is 7.12. The quantitative estimate of drug-likeness (QED) is 0.633. The van der Waals surface area contributed by atoms with Crippen LogP contribution in [-0.4, -0.2) is 49.5 Å². The van der Waals surface area contributed by atoms with E-state index in [4.69, 9.17) is 9.84 Å². The van der Waals surface area contributed by atoms with Gasteiger partial charge in [-0.15, -0.1) is 0 Å². The van der Waals surface area contributed by atoms with Crippen molar-refractivity contribution in [1.29, 1.82) is 0 Å². The first kappa shape index (κ1) is 8.97. The summed E-state index contributed by atoms with van der Waals surface area (Å²) in [5.74, 6) is 0. The van der Waals surface area contributed by atoms with Crippen LogP contribution >= 0.6 is 0 Å². The van der Waals surface area contributed by atoms with Crippen molar-refractivity contribution in [3.8, 4) is 0 Å². The summed E-state index contributed by atoms with van der Waals surface area (Å²) in [5.41, 5.74) is 0. The van der Waals surface area contributed by atoms with Crippen molar-refractivity contribution in [3.63, 3.8) is 0 Å². The molecule has 0 spiro atoms. The molecule has 0 aromatic heterocycles. The van der Waals surface area contributed by atoms with E-state index in [2.05, 4.69) is 11.9 Å². The fourth-order valence-corrected chi connectivity index (χ4v) is 1.37. The summed E-state index contributed by atoms with van der Waals surface area (Å²) in [6.45, 7) is 2.88. The molecule has 0 aromatic carbocycles. The molecule has 0 radical (unpaired) electrons. The van der Waals surface area contributed by atoms with Crippen molar-refractivity contribution in [3.05, 3.63) is 0 Å². The number of likely N-dealkylation sites (tertiary alicyclic amines) is 1. The van der Waals surface area contributed by atoms with Gasteiger partial charge in [-0.05, 0) is 19.9 Å². The van der Waals surface area contributed by atoms with Crippen molar-refractivity contribution < 1.29 is 9.84 Å². The number of ether oxygens (including phenoxy) is 1. The average Bonchev–Trinajstić information content (AvgIpc) is 2.04. The molecule has 0 atom stereocenters. The Morgan fingerprint density at radius 1 is 1.45 bits per heavy atom. The Morgan fingerprint density at radius 2 is 2.09 bits per heavy atom. The van der Waals surface area contributed by atoms with Crippen LogP contribution in [-0.2, 0) is 4.74 Å². The smallest absolute Gasteiger partial charge is 0.0701 e. The number of aliphatic hydroxyl groups is 1. The molecule has 1 fully saturated rings. The Morgan fingerprint density at radius 3 is 2.64 bits per heavy atom. The van der Waals surface area contributed by atoms with Crippen LogP contribution in [0.25, 0.3) is 0 Å². The average molecular weight is 159 g/mol. The van der Waals surface area contributed by atoms with Gasteiger partial charge in [-0.25, -0.2) is 0 Å². The van der Waals surface area contributed by atoms with Crippen LogP contribution in [0.2, 0.25) is 0 Å². The van der Waals surface area contributed by atoms with Crippen LogP contribution in [0.1, 0.15) is 12.8 Å². The number of aliphatic hydroxyl groups excluding tert-OH is 1. The molecular weight excluding hydrogens is 142 g/mol. The van der Waals surface area contributed by atoms with E-state index in [1.165, 1.54) is 0 Å². The Balaban J connectivity index is 2.07. The standard InChI is InChI=1S/C8H17NO2/c1-9-4-2-8(3-5-9)11-7-6-10/h8,10H,2-7H2,1H3. The summed E-state index contributed by atoms with van der Waals surface area (Å²) >= 11 is 0. The minimum atomic E-state index is 0.145. The van der Waals surface area contributed by atoms with Crippen molar-refractivity contribution in [2.75, 3.05) is 33.4 Å². The van der Waals surface area contributed by atoms with Gasteiger partial charge in [-0.2, -0.15) is 0 Å². The van der Waals surface area contributed by atoms with Gasteiger partial charge in [0.25, 0.3) is 0 Å². The number of piperidine rings is 1. The SMILES string of the molecule is CN1CCC(OCCO)CC1. The summed E-state index contributed by atoms with van der Waals surface area (Å²) in [5, 5.41) is 8.51. The number of hydrogen-bond acceptors (Lipinski definition) is 3. The third-order valence-electron chi connectivity index (χ3n) is 2.11. The topological polar surface area (TPSA) is 32.7 Å². The first-order valence-electron chi connectivity index (χ1n) is 4.24. The normalized spacial score (nSPS) is 22.4. The molecule has 0 aromatic rings. The van der Waals surface area contributed by atoms with E-state index in [-0.39, 0.29) is 6.61 Å². The van der Waals surface area contributed by atoms with Gasteiger partial charge in [-0.1, -0.05) is 0 Å². The molecule has 1 rings (SSSR count). The number of rotatable bonds is 3. The predicted octanol–water partition coefficient (Wildman–Crippen LogP) is 0.0895. The number of hydrogen-bond donors (Lipinski definition) is 1. The van der Waals surface area contributed by atoms with E-state index in [1.807, 2.05) is 0 Å². The van der Waals surface area contributed by atoms with Gasteiger partial charge in [0.2, 0.25) is 0 Å². The Hall–Kier alpha value is -0.120. The zero-order chi connectivity index (χ0) is 8.10. The highest BCUT2D eigenvalue weighted by molar-refractivity contribution is 4.69. The fourth-order valence-electron chi connectivity index (χ4n) is 1.37. The molecule has 0 saturated carbocycles. The van der Waals surface area contributed by atoms with Crippen molar-refractivity contribution in [2.24, 2.45) is 0 Å². The molecule has 1 saturated heterocycles. The van der Waals surface area contributed by atoms with E-state index in [0.717, 1.165) is 25.9 Å². The summed E-state index contributed by atoms with van der Waals surface area (Å²) in [7, 11) is 2.13. The lowest BCUT2D eigenvalue weighted by molar-refractivity contribution is -0.00374.